The van der Waals surface area contributed by atoms with Crippen molar-refractivity contribution in [2.45, 2.75) is 31.8 Å². The second-order valence-electron chi connectivity index (χ2n) is 3.52. The molecule has 0 amide bonds. The summed E-state index contributed by atoms with van der Waals surface area (Å²) < 4.78 is 1.83. The number of aromatic nitrogens is 2. The van der Waals surface area contributed by atoms with Crippen molar-refractivity contribution in [1.29, 1.82) is 0 Å². The van der Waals surface area contributed by atoms with Crippen LogP contribution < -0.4 is 5.73 Å². The maximum Gasteiger partial charge on any atom is 0.217 e. The van der Waals surface area contributed by atoms with E-state index in [1.807, 2.05) is 11.5 Å². The van der Waals surface area contributed by atoms with Gasteiger partial charge in [0.2, 0.25) is 5.78 Å². The molecule has 2 N–H and O–H groups in total. The fraction of sp³-hybridized carbons (Fsp3) is 0.556. The van der Waals surface area contributed by atoms with Gasteiger partial charge < -0.3 is 10.3 Å². The first-order valence-corrected chi connectivity index (χ1v) is 4.52. The third-order valence-corrected chi connectivity index (χ3v) is 2.50. The van der Waals surface area contributed by atoms with Crippen LogP contribution in [0.1, 0.15) is 30.4 Å². The van der Waals surface area contributed by atoms with Gasteiger partial charge in [-0.25, -0.2) is 4.98 Å². The molecule has 2 rings (SSSR count). The van der Waals surface area contributed by atoms with Crippen LogP contribution in [0.2, 0.25) is 0 Å². The van der Waals surface area contributed by atoms with Crippen molar-refractivity contribution in [3.63, 3.8) is 0 Å². The number of hydrogen-bond donors (Lipinski definition) is 1. The van der Waals surface area contributed by atoms with E-state index in [0.717, 1.165) is 19.4 Å². The van der Waals surface area contributed by atoms with E-state index in [9.17, 15) is 4.79 Å². The van der Waals surface area contributed by atoms with E-state index in [2.05, 4.69) is 4.98 Å². The van der Waals surface area contributed by atoms with Crippen molar-refractivity contribution in [1.82, 2.24) is 9.55 Å². The fourth-order valence-electron chi connectivity index (χ4n) is 1.36. The number of rotatable bonds is 3. The summed E-state index contributed by atoms with van der Waals surface area (Å²) in [4.78, 5) is 15.8. The van der Waals surface area contributed by atoms with Crippen LogP contribution in [0, 0.1) is 0 Å². The number of carbonyl (C=O) groups excluding carboxylic acids is 1. The molecule has 1 aliphatic rings. The molecule has 70 valence electrons. The summed E-state index contributed by atoms with van der Waals surface area (Å²) in [7, 11) is 0. The molecule has 1 saturated carbocycles. The van der Waals surface area contributed by atoms with Crippen molar-refractivity contribution < 1.29 is 4.79 Å². The number of nitrogens with zero attached hydrogens (tertiary/aromatic N) is 2. The van der Waals surface area contributed by atoms with E-state index < -0.39 is 5.54 Å². The molecule has 13 heavy (non-hydrogen) atoms. The molecule has 0 spiro atoms. The van der Waals surface area contributed by atoms with E-state index in [-0.39, 0.29) is 5.78 Å². The van der Waals surface area contributed by atoms with Crippen LogP contribution in [0.25, 0.3) is 0 Å². The summed E-state index contributed by atoms with van der Waals surface area (Å²) in [5, 5.41) is 0. The molecule has 4 nitrogen and oxygen atoms in total. The lowest BCUT2D eigenvalue weighted by Crippen LogP contribution is -2.34. The number of Topliss-reactive ketones (excluding diaryl/α,β-unsaturated/α-hetero) is 1. The Balaban J connectivity index is 2.29. The summed E-state index contributed by atoms with van der Waals surface area (Å²) in [5.74, 6) is 0.488. The Hall–Kier alpha value is -1.16. The first kappa shape index (κ1) is 8.44. The number of nitrogens with two attached hydrogens (primary N) is 1. The van der Waals surface area contributed by atoms with Crippen LogP contribution in [0.3, 0.4) is 0 Å². The van der Waals surface area contributed by atoms with Gasteiger partial charge in [0, 0.05) is 18.9 Å². The highest BCUT2D eigenvalue weighted by atomic mass is 16.1. The molecule has 1 aromatic heterocycles. The van der Waals surface area contributed by atoms with E-state index in [1.165, 1.54) is 0 Å². The van der Waals surface area contributed by atoms with Crippen molar-refractivity contribution in [2.75, 3.05) is 0 Å². The number of carbonyl (C=O) groups is 1. The van der Waals surface area contributed by atoms with Crippen molar-refractivity contribution >= 4 is 5.78 Å². The van der Waals surface area contributed by atoms with Crippen LogP contribution >= 0.6 is 0 Å². The van der Waals surface area contributed by atoms with Gasteiger partial charge in [-0.2, -0.15) is 0 Å². The number of hydrogen-bond acceptors (Lipinski definition) is 3. The zero-order valence-corrected chi connectivity index (χ0v) is 7.66. The second-order valence-corrected chi connectivity index (χ2v) is 3.52. The van der Waals surface area contributed by atoms with Crippen molar-refractivity contribution in [3.8, 4) is 0 Å². The van der Waals surface area contributed by atoms with Gasteiger partial charge >= 0.3 is 0 Å². The minimum atomic E-state index is -0.599. The Bertz CT molecular complexity index is 338. The van der Waals surface area contributed by atoms with Gasteiger partial charge in [-0.1, -0.05) is 0 Å². The van der Waals surface area contributed by atoms with Crippen LogP contribution in [-0.4, -0.2) is 20.9 Å². The maximum atomic E-state index is 11.8. The molecule has 0 bridgehead atoms. The summed E-state index contributed by atoms with van der Waals surface area (Å²) in [6, 6.07) is 0. The number of ketones is 1. The Morgan fingerprint density at radius 3 is 3.00 bits per heavy atom. The van der Waals surface area contributed by atoms with Gasteiger partial charge in [-0.15, -0.1) is 0 Å². The topological polar surface area (TPSA) is 60.9 Å². The van der Waals surface area contributed by atoms with Crippen molar-refractivity contribution in [2.24, 2.45) is 5.73 Å². The molecule has 0 saturated heterocycles. The smallest absolute Gasteiger partial charge is 0.217 e. The number of imidazole rings is 1. The van der Waals surface area contributed by atoms with E-state index in [0.29, 0.717) is 5.82 Å². The highest BCUT2D eigenvalue weighted by Crippen LogP contribution is 2.35. The third-order valence-electron chi connectivity index (χ3n) is 2.50. The summed E-state index contributed by atoms with van der Waals surface area (Å²) in [6.45, 7) is 2.74. The average molecular weight is 179 g/mol. The van der Waals surface area contributed by atoms with E-state index in [4.69, 9.17) is 5.73 Å². The molecule has 0 aromatic carbocycles. The van der Waals surface area contributed by atoms with Crippen molar-refractivity contribution in [3.05, 3.63) is 18.2 Å². The molecule has 1 aromatic rings. The normalized spacial score (nSPS) is 18.6. The Morgan fingerprint density at radius 1 is 1.77 bits per heavy atom. The van der Waals surface area contributed by atoms with Crippen LogP contribution in [0.15, 0.2) is 12.4 Å². The molecule has 0 atom stereocenters. The minimum Gasteiger partial charge on any atom is -0.329 e. The van der Waals surface area contributed by atoms with Crippen LogP contribution in [0.4, 0.5) is 0 Å². The first-order chi connectivity index (χ1) is 6.17. The Labute approximate surface area is 76.8 Å². The van der Waals surface area contributed by atoms with Gasteiger partial charge in [-0.05, 0) is 19.8 Å². The SMILES string of the molecule is CCn1ccnc1C(=O)C1(N)CC1. The minimum absolute atomic E-state index is 0.0145. The highest BCUT2D eigenvalue weighted by Gasteiger charge is 2.47. The zero-order valence-electron chi connectivity index (χ0n) is 7.66. The third kappa shape index (κ3) is 1.27. The molecule has 0 radical (unpaired) electrons. The summed E-state index contributed by atoms with van der Waals surface area (Å²) in [6.07, 6.45) is 5.03. The first-order valence-electron chi connectivity index (χ1n) is 4.52. The van der Waals surface area contributed by atoms with Gasteiger partial charge in [-0.3, -0.25) is 4.79 Å². The number of aryl methyl sites for hydroxylation is 1. The summed E-state index contributed by atoms with van der Waals surface area (Å²) >= 11 is 0. The summed E-state index contributed by atoms with van der Waals surface area (Å²) in [5.41, 5.74) is 5.20. The molecule has 4 heteroatoms. The molecule has 0 aliphatic heterocycles. The van der Waals surface area contributed by atoms with Crippen LogP contribution in [0.5, 0.6) is 0 Å². The maximum absolute atomic E-state index is 11.8. The van der Waals surface area contributed by atoms with Gasteiger partial charge in [0.1, 0.15) is 0 Å². The van der Waals surface area contributed by atoms with Gasteiger partial charge in [0.15, 0.2) is 5.82 Å². The zero-order chi connectivity index (χ0) is 9.47. The predicted octanol–water partition coefficient (Wildman–Crippen LogP) is 0.577. The molecular weight excluding hydrogens is 166 g/mol. The predicted molar refractivity (Wildman–Crippen MR) is 48.4 cm³/mol. The van der Waals surface area contributed by atoms with E-state index in [1.54, 1.807) is 12.4 Å². The fourth-order valence-corrected chi connectivity index (χ4v) is 1.36. The van der Waals surface area contributed by atoms with Crippen LogP contribution in [-0.2, 0) is 6.54 Å². The molecule has 1 fully saturated rings. The molecular formula is C9H13N3O. The lowest BCUT2D eigenvalue weighted by molar-refractivity contribution is 0.0934. The molecule has 1 heterocycles. The second kappa shape index (κ2) is 2.67. The quantitative estimate of drug-likeness (QED) is 0.690. The Kier molecular flexibility index (Phi) is 1.73. The monoisotopic (exact) mass is 179 g/mol. The molecule has 1 aliphatic carbocycles. The lowest BCUT2D eigenvalue weighted by atomic mass is 10.1. The largest absolute Gasteiger partial charge is 0.329 e. The lowest BCUT2D eigenvalue weighted by Gasteiger charge is -2.07. The Morgan fingerprint density at radius 2 is 2.46 bits per heavy atom. The van der Waals surface area contributed by atoms with Gasteiger partial charge in [0.05, 0.1) is 5.54 Å². The highest BCUT2D eigenvalue weighted by molar-refractivity contribution is 6.02. The molecule has 0 unspecified atom stereocenters. The average Bonchev–Trinajstić information content (AvgIpc) is 2.71. The standard InChI is InChI=1S/C9H13N3O/c1-2-12-6-5-11-8(12)7(13)9(10)3-4-9/h5-6H,2-4,10H2,1H3. The van der Waals surface area contributed by atoms with E-state index >= 15 is 0 Å². The van der Waals surface area contributed by atoms with Gasteiger partial charge in [0.25, 0.3) is 0 Å².